The average Bonchev–Trinajstić information content (AvgIpc) is 2.73. The van der Waals surface area contributed by atoms with Gasteiger partial charge in [-0.2, -0.15) is 87.4 Å². The Labute approximate surface area is 205 Å². The number of hydrogen-bond donors (Lipinski definition) is 0. The molecule has 0 unspecified atom stereocenters. The van der Waals surface area contributed by atoms with Crippen LogP contribution in [-0.2, 0) is 12.6 Å². The van der Waals surface area contributed by atoms with Gasteiger partial charge in [0.2, 0.25) is 29.1 Å². The van der Waals surface area contributed by atoms with Crippen molar-refractivity contribution in [2.75, 3.05) is 0 Å². The van der Waals surface area contributed by atoms with E-state index in [-0.39, 0.29) is 0 Å². The van der Waals surface area contributed by atoms with Crippen molar-refractivity contribution in [2.24, 2.45) is 0 Å². The minimum atomic E-state index is -8.85. The number of rotatable bonds is 8. The Hall–Kier alpha value is -1.61. The van der Waals surface area contributed by atoms with Gasteiger partial charge >= 0.3 is 69.7 Å². The molecule has 0 amide bonds. The minimum absolute atomic E-state index is 2.36. The molecule has 39 heavy (non-hydrogen) atoms. The Morgan fingerprint density at radius 1 is 0.487 bits per heavy atom. The quantitative estimate of drug-likeness (QED) is 0.102. The third-order valence-electron chi connectivity index (χ3n) is 3.87. The lowest BCUT2D eigenvalue weighted by Crippen LogP contribution is -3.91. The normalized spacial score (nSPS) is 15.3. The lowest BCUT2D eigenvalue weighted by atomic mass is 9.98. The standard InChI is InChI=1S/C13F21IO3S/c14-1-2(15)4(17)6(5(18)3(1)16)35(38-39(36,37)13(32,33)34)12(30,31)10(25,26)8(21,22)7(19,20)9(23,24)11(27,28)29/q+1. The van der Waals surface area contributed by atoms with Crippen molar-refractivity contribution in [1.82, 2.24) is 0 Å². The van der Waals surface area contributed by atoms with Crippen molar-refractivity contribution >= 4 is 10.1 Å². The molecule has 0 heterocycles. The first-order chi connectivity index (χ1) is 16.8. The Morgan fingerprint density at radius 3 is 1.10 bits per heavy atom. The van der Waals surface area contributed by atoms with Crippen LogP contribution in [0.25, 0.3) is 0 Å². The molecule has 0 fully saturated rings. The molecule has 0 aliphatic rings. The second-order valence-electron chi connectivity index (χ2n) is 6.39. The Kier molecular flexibility index (Phi) is 8.85. The molecule has 1 radical (unpaired) electrons. The summed E-state index contributed by atoms with van der Waals surface area (Å²) >= 11 is -8.46. The topological polar surface area (TPSA) is 43.4 Å². The van der Waals surface area contributed by atoms with E-state index in [1.807, 2.05) is 0 Å². The van der Waals surface area contributed by atoms with Crippen LogP contribution in [0.4, 0.5) is 92.2 Å². The predicted octanol–water partition coefficient (Wildman–Crippen LogP) is 3.65. The van der Waals surface area contributed by atoms with E-state index in [2.05, 4.69) is 2.51 Å². The smallest absolute Gasteiger partial charge is 0.200 e. The van der Waals surface area contributed by atoms with Gasteiger partial charge in [0.1, 0.15) is 0 Å². The van der Waals surface area contributed by atoms with Gasteiger partial charge < -0.3 is 0 Å². The summed E-state index contributed by atoms with van der Waals surface area (Å²) in [6.07, 6.45) is -7.97. The highest BCUT2D eigenvalue weighted by atomic mass is 127. The molecule has 3 nitrogen and oxygen atoms in total. The molecule has 229 valence electrons. The van der Waals surface area contributed by atoms with Crippen LogP contribution in [-0.4, -0.2) is 47.7 Å². The molecular formula is C13F21IO3S+. The Bertz CT molecular complexity index is 1190. The zero-order chi connectivity index (χ0) is 31.7. The zero-order valence-corrected chi connectivity index (χ0v) is 19.4. The number of benzene rings is 1. The van der Waals surface area contributed by atoms with Gasteiger partial charge in [0, 0.05) is 0 Å². The van der Waals surface area contributed by atoms with E-state index in [0.717, 1.165) is 0 Å². The van der Waals surface area contributed by atoms with E-state index >= 15 is 0 Å². The highest BCUT2D eigenvalue weighted by Gasteiger charge is 2.95. The molecule has 1 aromatic carbocycles. The van der Waals surface area contributed by atoms with Crippen LogP contribution in [0, 0.1) is 32.7 Å². The predicted molar refractivity (Wildman–Crippen MR) is 71.8 cm³/mol. The van der Waals surface area contributed by atoms with Crippen LogP contribution >= 0.6 is 0 Å². The van der Waals surface area contributed by atoms with E-state index in [4.69, 9.17) is 0 Å². The van der Waals surface area contributed by atoms with Crippen LogP contribution < -0.4 is 20.2 Å². The van der Waals surface area contributed by atoms with Gasteiger partial charge in [-0.3, -0.25) is 0 Å². The van der Waals surface area contributed by atoms with Gasteiger partial charge in [-0.15, -0.1) is 0 Å². The lowest BCUT2D eigenvalue weighted by molar-refractivity contribution is -1.13. The van der Waals surface area contributed by atoms with Crippen LogP contribution in [0.3, 0.4) is 0 Å². The molecule has 0 spiro atoms. The maximum absolute atomic E-state index is 14.5. The molecular weight excluding hydrogens is 762 g/mol. The van der Waals surface area contributed by atoms with Crippen molar-refractivity contribution in [2.45, 2.75) is 39.3 Å². The van der Waals surface area contributed by atoms with Gasteiger partial charge in [0.25, 0.3) is 3.57 Å². The van der Waals surface area contributed by atoms with E-state index in [9.17, 15) is 101 Å². The summed E-state index contributed by atoms with van der Waals surface area (Å²) in [5.74, 6) is -53.3. The molecule has 0 saturated heterocycles. The second-order valence-corrected chi connectivity index (χ2v) is 12.8. The first kappa shape index (κ1) is 35.4. The Morgan fingerprint density at radius 2 is 0.795 bits per heavy atom. The van der Waals surface area contributed by atoms with Crippen molar-refractivity contribution in [1.29, 1.82) is 0 Å². The molecule has 1 aromatic rings. The summed E-state index contributed by atoms with van der Waals surface area (Å²) in [6.45, 7) is 0. The highest BCUT2D eigenvalue weighted by molar-refractivity contribution is 7.87. The molecule has 0 saturated carbocycles. The monoisotopic (exact) mass is 762 g/mol. The van der Waals surface area contributed by atoms with Gasteiger partial charge in [0.05, 0.1) is 0 Å². The Balaban J connectivity index is 4.20. The molecule has 26 heteroatoms. The first-order valence-electron chi connectivity index (χ1n) is 7.96. The lowest BCUT2D eigenvalue weighted by Gasteiger charge is -2.37. The van der Waals surface area contributed by atoms with E-state index in [1.54, 1.807) is 0 Å². The zero-order valence-electron chi connectivity index (χ0n) is 16.4. The van der Waals surface area contributed by atoms with Gasteiger partial charge in [-0.1, -0.05) is 0 Å². The first-order valence-corrected chi connectivity index (χ1v) is 12.4. The summed E-state index contributed by atoms with van der Waals surface area (Å²) in [6, 6.07) is 0. The number of alkyl halides is 17. The minimum Gasteiger partial charge on any atom is -0.200 e. The van der Waals surface area contributed by atoms with Crippen LogP contribution in [0.15, 0.2) is 0 Å². The summed E-state index contributed by atoms with van der Waals surface area (Å²) in [5.41, 5.74) is -7.19. The van der Waals surface area contributed by atoms with Gasteiger partial charge in [-0.05, 0) is 2.51 Å². The molecule has 1 rings (SSSR count). The van der Waals surface area contributed by atoms with Gasteiger partial charge in [-0.25, -0.2) is 13.2 Å². The van der Waals surface area contributed by atoms with E-state index in [0.29, 0.717) is 0 Å². The third kappa shape index (κ3) is 5.15. The van der Waals surface area contributed by atoms with Crippen LogP contribution in [0.2, 0.25) is 0 Å². The summed E-state index contributed by atoms with van der Waals surface area (Å²) < 4.78 is 291. The fraction of sp³-hybridized carbons (Fsp3) is 0.538. The largest absolute Gasteiger partial charge is 0.526 e. The average molecular weight is 762 g/mol. The fourth-order valence-electron chi connectivity index (χ4n) is 1.90. The van der Waals surface area contributed by atoms with Crippen molar-refractivity contribution < 1.29 is 123 Å². The summed E-state index contributed by atoms with van der Waals surface area (Å²) in [5, 5.41) is 0. The summed E-state index contributed by atoms with van der Waals surface area (Å²) in [7, 11) is -8.07. The third-order valence-corrected chi connectivity index (χ3v) is 11.1. The fourth-order valence-corrected chi connectivity index (χ4v) is 8.49. The highest BCUT2D eigenvalue weighted by Crippen LogP contribution is 2.59. The van der Waals surface area contributed by atoms with Crippen molar-refractivity contribution in [3.05, 3.63) is 32.7 Å². The van der Waals surface area contributed by atoms with Gasteiger partial charge in [0.15, 0.2) is 0 Å². The van der Waals surface area contributed by atoms with E-state index < -0.39 is 102 Å². The molecule has 0 atom stereocenters. The molecule has 0 N–H and O–H groups in total. The molecule has 0 aromatic heterocycles. The number of hydrogen-bond acceptors (Lipinski definition) is 3. The SMILES string of the molecule is O=S(=O)(O[I+](c1c(F)c(F)c(F)c(F)c1F)C(F)(F)C(F)(F)C(F)(F)C(F)(F)C(F)(F)C(F)(F)F)C(F)(F)F. The van der Waals surface area contributed by atoms with Crippen LogP contribution in [0.5, 0.6) is 0 Å². The maximum atomic E-state index is 14.5. The number of halogens is 22. The van der Waals surface area contributed by atoms with Crippen LogP contribution in [0.1, 0.15) is 0 Å². The molecule has 0 bridgehead atoms. The van der Waals surface area contributed by atoms with Crippen molar-refractivity contribution in [3.63, 3.8) is 0 Å². The summed E-state index contributed by atoms with van der Waals surface area (Å²) in [4.78, 5) is 0. The molecule has 0 aliphatic carbocycles. The maximum Gasteiger partial charge on any atom is 0.526 e. The van der Waals surface area contributed by atoms with E-state index in [1.165, 1.54) is 0 Å². The second kappa shape index (κ2) is 9.74. The van der Waals surface area contributed by atoms with Crippen molar-refractivity contribution in [3.8, 4) is 0 Å². The molecule has 0 aliphatic heterocycles.